The third-order valence-corrected chi connectivity index (χ3v) is 2.92. The average molecular weight is 273 g/mol. The number of aliphatic carboxylic acids is 1. The Morgan fingerprint density at radius 2 is 2.11 bits per heavy atom. The van der Waals surface area contributed by atoms with Crippen molar-refractivity contribution in [3.8, 4) is 0 Å². The molecule has 0 aromatic rings. The predicted octanol–water partition coefficient (Wildman–Crippen LogP) is 1.92. The van der Waals surface area contributed by atoms with Gasteiger partial charge < -0.3 is 19.9 Å². The van der Waals surface area contributed by atoms with Crippen LogP contribution in [0.25, 0.3) is 0 Å². The SMILES string of the molecule is CC1CC(CC(=O)O)(NC(=O)OC(C)(C)C)CCO1. The van der Waals surface area contributed by atoms with E-state index in [4.69, 9.17) is 14.6 Å². The Labute approximate surface area is 113 Å². The van der Waals surface area contributed by atoms with Gasteiger partial charge in [0.2, 0.25) is 0 Å². The van der Waals surface area contributed by atoms with Crippen LogP contribution >= 0.6 is 0 Å². The number of alkyl carbamates (subject to hydrolysis) is 1. The molecular weight excluding hydrogens is 250 g/mol. The van der Waals surface area contributed by atoms with Crippen LogP contribution in [0.2, 0.25) is 0 Å². The second kappa shape index (κ2) is 5.77. The predicted molar refractivity (Wildman–Crippen MR) is 69.0 cm³/mol. The number of rotatable bonds is 3. The van der Waals surface area contributed by atoms with E-state index in [1.54, 1.807) is 20.8 Å². The number of carbonyl (C=O) groups is 2. The molecule has 1 aliphatic heterocycles. The Morgan fingerprint density at radius 3 is 2.58 bits per heavy atom. The van der Waals surface area contributed by atoms with E-state index in [2.05, 4.69) is 5.32 Å². The highest BCUT2D eigenvalue weighted by molar-refractivity contribution is 5.73. The molecule has 1 fully saturated rings. The van der Waals surface area contributed by atoms with Gasteiger partial charge in [0.15, 0.2) is 0 Å². The third-order valence-electron chi connectivity index (χ3n) is 2.92. The summed E-state index contributed by atoms with van der Waals surface area (Å²) in [5.74, 6) is -0.940. The Kier molecular flexibility index (Phi) is 4.79. The van der Waals surface area contributed by atoms with Gasteiger partial charge in [-0.05, 0) is 40.5 Å². The lowest BCUT2D eigenvalue weighted by Crippen LogP contribution is -2.55. The summed E-state index contributed by atoms with van der Waals surface area (Å²) in [6.45, 7) is 7.60. The first-order valence-electron chi connectivity index (χ1n) is 6.46. The lowest BCUT2D eigenvalue weighted by atomic mass is 9.84. The van der Waals surface area contributed by atoms with Crippen LogP contribution < -0.4 is 5.32 Å². The number of nitrogens with one attached hydrogen (secondary N) is 1. The van der Waals surface area contributed by atoms with Gasteiger partial charge in [-0.1, -0.05) is 0 Å². The minimum Gasteiger partial charge on any atom is -0.481 e. The molecule has 1 heterocycles. The molecule has 1 saturated heterocycles. The van der Waals surface area contributed by atoms with Gasteiger partial charge in [0.25, 0.3) is 0 Å². The second-order valence-corrected chi connectivity index (χ2v) is 6.11. The molecule has 2 N–H and O–H groups in total. The highest BCUT2D eigenvalue weighted by atomic mass is 16.6. The minimum absolute atomic E-state index is 0.0805. The van der Waals surface area contributed by atoms with Gasteiger partial charge in [-0.25, -0.2) is 4.79 Å². The van der Waals surface area contributed by atoms with Gasteiger partial charge in [0.05, 0.1) is 18.1 Å². The number of hydrogen-bond acceptors (Lipinski definition) is 4. The van der Waals surface area contributed by atoms with Gasteiger partial charge in [-0.2, -0.15) is 0 Å². The Balaban J connectivity index is 2.74. The van der Waals surface area contributed by atoms with Gasteiger partial charge in [-0.15, -0.1) is 0 Å². The van der Waals surface area contributed by atoms with E-state index in [1.165, 1.54) is 0 Å². The highest BCUT2D eigenvalue weighted by Gasteiger charge is 2.40. The van der Waals surface area contributed by atoms with E-state index in [0.29, 0.717) is 19.4 Å². The van der Waals surface area contributed by atoms with Crippen molar-refractivity contribution in [3.63, 3.8) is 0 Å². The normalized spacial score (nSPS) is 27.7. The summed E-state index contributed by atoms with van der Waals surface area (Å²) in [6.07, 6.45) is 0.160. The molecule has 1 aliphatic rings. The average Bonchev–Trinajstić information content (AvgIpc) is 2.11. The van der Waals surface area contributed by atoms with E-state index in [0.717, 1.165) is 0 Å². The molecule has 110 valence electrons. The molecular formula is C13H23NO5. The molecule has 0 aromatic carbocycles. The quantitative estimate of drug-likeness (QED) is 0.820. The topological polar surface area (TPSA) is 84.9 Å². The van der Waals surface area contributed by atoms with Crippen LogP contribution in [0.5, 0.6) is 0 Å². The van der Waals surface area contributed by atoms with Crippen molar-refractivity contribution in [2.45, 2.75) is 64.2 Å². The van der Waals surface area contributed by atoms with Crippen molar-refractivity contribution in [2.75, 3.05) is 6.61 Å². The monoisotopic (exact) mass is 273 g/mol. The fourth-order valence-corrected chi connectivity index (χ4v) is 2.29. The molecule has 6 nitrogen and oxygen atoms in total. The van der Waals surface area contributed by atoms with Crippen molar-refractivity contribution in [1.82, 2.24) is 5.32 Å². The second-order valence-electron chi connectivity index (χ2n) is 6.11. The summed E-state index contributed by atoms with van der Waals surface area (Å²) in [4.78, 5) is 22.9. The molecule has 0 aromatic heterocycles. The lowest BCUT2D eigenvalue weighted by molar-refractivity contribution is -0.140. The van der Waals surface area contributed by atoms with E-state index in [9.17, 15) is 9.59 Å². The highest BCUT2D eigenvalue weighted by Crippen LogP contribution is 2.28. The molecule has 0 saturated carbocycles. The number of hydrogen-bond donors (Lipinski definition) is 2. The lowest BCUT2D eigenvalue weighted by Gasteiger charge is -2.39. The summed E-state index contributed by atoms with van der Waals surface area (Å²) in [5.41, 5.74) is -1.39. The summed E-state index contributed by atoms with van der Waals surface area (Å²) >= 11 is 0. The van der Waals surface area contributed by atoms with E-state index in [1.807, 2.05) is 6.92 Å². The molecule has 1 amide bonds. The Hall–Kier alpha value is -1.30. The summed E-state index contributed by atoms with van der Waals surface area (Å²) in [7, 11) is 0. The molecule has 2 unspecified atom stereocenters. The van der Waals surface area contributed by atoms with Crippen molar-refractivity contribution in [1.29, 1.82) is 0 Å². The van der Waals surface area contributed by atoms with Crippen LogP contribution in [-0.4, -0.2) is 41.0 Å². The van der Waals surface area contributed by atoms with Crippen LogP contribution in [0.4, 0.5) is 4.79 Å². The summed E-state index contributed by atoms with van der Waals surface area (Å²) in [5, 5.41) is 11.8. The third kappa shape index (κ3) is 5.46. The van der Waals surface area contributed by atoms with Crippen LogP contribution in [0.1, 0.15) is 47.0 Å². The Bertz CT molecular complexity index is 349. The zero-order valence-corrected chi connectivity index (χ0v) is 12.0. The maximum atomic E-state index is 11.9. The van der Waals surface area contributed by atoms with Crippen LogP contribution in [0, 0.1) is 0 Å². The van der Waals surface area contributed by atoms with Crippen molar-refractivity contribution < 1.29 is 24.2 Å². The van der Waals surface area contributed by atoms with E-state index >= 15 is 0 Å². The maximum absolute atomic E-state index is 11.9. The minimum atomic E-state index is -0.940. The van der Waals surface area contributed by atoms with Gasteiger partial charge in [0, 0.05) is 6.61 Å². The van der Waals surface area contributed by atoms with Crippen LogP contribution in [0.3, 0.4) is 0 Å². The smallest absolute Gasteiger partial charge is 0.408 e. The first-order valence-corrected chi connectivity index (χ1v) is 6.46. The number of ether oxygens (including phenoxy) is 2. The van der Waals surface area contributed by atoms with Crippen molar-refractivity contribution in [2.24, 2.45) is 0 Å². The van der Waals surface area contributed by atoms with E-state index in [-0.39, 0.29) is 12.5 Å². The first kappa shape index (κ1) is 15.8. The van der Waals surface area contributed by atoms with Gasteiger partial charge in [0.1, 0.15) is 5.60 Å². The zero-order chi connectivity index (χ0) is 14.7. The molecule has 0 radical (unpaired) electrons. The van der Waals surface area contributed by atoms with Gasteiger partial charge >= 0.3 is 12.1 Å². The largest absolute Gasteiger partial charge is 0.481 e. The maximum Gasteiger partial charge on any atom is 0.408 e. The standard InChI is InChI=1S/C13H23NO5/c1-9-7-13(5-6-18-9,8-10(15)16)14-11(17)19-12(2,3)4/h9H,5-8H2,1-4H3,(H,14,17)(H,15,16). The number of carbonyl (C=O) groups excluding carboxylic acids is 1. The summed E-state index contributed by atoms with van der Waals surface area (Å²) < 4.78 is 10.6. The van der Waals surface area contributed by atoms with Crippen molar-refractivity contribution in [3.05, 3.63) is 0 Å². The number of carboxylic acid groups (broad SMARTS) is 1. The summed E-state index contributed by atoms with van der Waals surface area (Å²) in [6, 6.07) is 0. The van der Waals surface area contributed by atoms with E-state index < -0.39 is 23.2 Å². The molecule has 2 atom stereocenters. The van der Waals surface area contributed by atoms with Crippen LogP contribution in [-0.2, 0) is 14.3 Å². The molecule has 0 spiro atoms. The number of carboxylic acids is 1. The first-order chi connectivity index (χ1) is 8.62. The fraction of sp³-hybridized carbons (Fsp3) is 0.846. The van der Waals surface area contributed by atoms with Crippen molar-refractivity contribution >= 4 is 12.1 Å². The molecule has 0 aliphatic carbocycles. The zero-order valence-electron chi connectivity index (χ0n) is 12.0. The molecule has 6 heteroatoms. The Morgan fingerprint density at radius 1 is 1.47 bits per heavy atom. The fourth-order valence-electron chi connectivity index (χ4n) is 2.29. The van der Waals surface area contributed by atoms with Gasteiger partial charge in [-0.3, -0.25) is 4.79 Å². The molecule has 1 rings (SSSR count). The van der Waals surface area contributed by atoms with Crippen LogP contribution in [0.15, 0.2) is 0 Å². The molecule has 19 heavy (non-hydrogen) atoms. The molecule has 0 bridgehead atoms. The number of amides is 1.